The number of benzene rings is 7. The summed E-state index contributed by atoms with van der Waals surface area (Å²) in [6, 6.07) is 61.7. The Hall–Kier alpha value is -5.66. The maximum Gasteiger partial charge on any atom is 0.0569 e. The van der Waals surface area contributed by atoms with E-state index in [2.05, 4.69) is 189 Å². The van der Waals surface area contributed by atoms with Gasteiger partial charge in [-0.1, -0.05) is 147 Å². The van der Waals surface area contributed by atoms with Crippen molar-refractivity contribution >= 4 is 17.1 Å². The fraction of sp³-hybridized carbons (Fsp3) is 0.250. The van der Waals surface area contributed by atoms with Crippen LogP contribution in [0.1, 0.15) is 74.6 Å². The topological polar surface area (TPSA) is 3.24 Å². The second-order valence-corrected chi connectivity index (χ2v) is 18.4. The summed E-state index contributed by atoms with van der Waals surface area (Å²) in [5.74, 6) is 2.87. The van der Waals surface area contributed by atoms with Crippen molar-refractivity contribution in [2.75, 3.05) is 4.90 Å². The van der Waals surface area contributed by atoms with Gasteiger partial charge in [0, 0.05) is 22.2 Å². The Kier molecular flexibility index (Phi) is 8.01. The molecule has 7 aromatic carbocycles. The molecule has 5 aliphatic carbocycles. The molecule has 0 atom stereocenters. The molecular weight excluding hydrogens is 687 g/mol. The van der Waals surface area contributed by atoms with Crippen molar-refractivity contribution in [3.8, 4) is 44.5 Å². The van der Waals surface area contributed by atoms with Crippen molar-refractivity contribution < 1.29 is 0 Å². The monoisotopic (exact) mass is 737 g/mol. The molecule has 1 nitrogen and oxygen atoms in total. The average Bonchev–Trinajstić information content (AvgIpc) is 3.48. The summed E-state index contributed by atoms with van der Waals surface area (Å²) in [6.07, 6.45) is 8.68. The predicted octanol–water partition coefficient (Wildman–Crippen LogP) is 15.2. The first-order valence-corrected chi connectivity index (χ1v) is 21.3. The maximum atomic E-state index is 2.56. The Labute approximate surface area is 339 Å². The van der Waals surface area contributed by atoms with E-state index < -0.39 is 0 Å². The van der Waals surface area contributed by atoms with Crippen LogP contribution in [0.4, 0.5) is 17.1 Å². The molecule has 0 aromatic heterocycles. The van der Waals surface area contributed by atoms with Gasteiger partial charge in [-0.05, 0) is 155 Å². The molecule has 57 heavy (non-hydrogen) atoms. The number of nitrogens with zero attached hydrogens (tertiary/aromatic N) is 1. The Bertz CT molecular complexity index is 2580. The van der Waals surface area contributed by atoms with E-state index in [1.807, 2.05) is 0 Å². The van der Waals surface area contributed by atoms with Crippen LogP contribution in [0.3, 0.4) is 0 Å². The minimum atomic E-state index is -0.103. The van der Waals surface area contributed by atoms with Gasteiger partial charge in [0.25, 0.3) is 0 Å². The van der Waals surface area contributed by atoms with Crippen molar-refractivity contribution in [1.82, 2.24) is 0 Å². The van der Waals surface area contributed by atoms with Gasteiger partial charge in [0.05, 0.1) is 11.4 Å². The lowest BCUT2D eigenvalue weighted by Gasteiger charge is -2.57. The van der Waals surface area contributed by atoms with Gasteiger partial charge in [-0.15, -0.1) is 0 Å². The average molecular weight is 738 g/mol. The highest BCUT2D eigenvalue weighted by molar-refractivity contribution is 5.99. The van der Waals surface area contributed by atoms with E-state index in [0.29, 0.717) is 5.41 Å². The summed E-state index contributed by atoms with van der Waals surface area (Å²) in [4.78, 5) is 2.56. The normalized spacial score (nSPS) is 22.3. The molecule has 0 saturated heterocycles. The van der Waals surface area contributed by atoms with Crippen LogP contribution in [0.25, 0.3) is 44.5 Å². The van der Waals surface area contributed by atoms with Gasteiger partial charge in [-0.25, -0.2) is 0 Å². The zero-order valence-electron chi connectivity index (χ0n) is 33.5. The first-order chi connectivity index (χ1) is 27.8. The van der Waals surface area contributed by atoms with Crippen LogP contribution in [0.15, 0.2) is 164 Å². The fourth-order valence-electron chi connectivity index (χ4n) is 12.3. The second kappa shape index (κ2) is 13.2. The molecule has 0 aliphatic heterocycles. The van der Waals surface area contributed by atoms with Gasteiger partial charge in [0.15, 0.2) is 0 Å². The molecule has 4 bridgehead atoms. The van der Waals surface area contributed by atoms with Crippen molar-refractivity contribution in [3.05, 3.63) is 186 Å². The highest BCUT2D eigenvalue weighted by atomic mass is 15.2. The van der Waals surface area contributed by atoms with E-state index >= 15 is 0 Å². The lowest BCUT2D eigenvalue weighted by atomic mass is 9.48. The Morgan fingerprint density at radius 2 is 1.02 bits per heavy atom. The molecule has 0 spiro atoms. The molecule has 0 N–H and O–H groups in total. The molecule has 4 saturated carbocycles. The lowest BCUT2D eigenvalue weighted by Crippen LogP contribution is -2.48. The van der Waals surface area contributed by atoms with Crippen LogP contribution >= 0.6 is 0 Å². The van der Waals surface area contributed by atoms with Crippen LogP contribution in [-0.2, 0) is 10.8 Å². The third-order valence-electron chi connectivity index (χ3n) is 14.5. The van der Waals surface area contributed by atoms with Gasteiger partial charge in [-0.3, -0.25) is 0 Å². The van der Waals surface area contributed by atoms with Crippen molar-refractivity contribution in [3.63, 3.8) is 0 Å². The Balaban J connectivity index is 1.06. The maximum absolute atomic E-state index is 2.56. The smallest absolute Gasteiger partial charge is 0.0569 e. The molecule has 0 heterocycles. The minimum Gasteiger partial charge on any atom is -0.309 e. The van der Waals surface area contributed by atoms with Crippen LogP contribution in [0, 0.1) is 24.7 Å². The number of anilines is 3. The van der Waals surface area contributed by atoms with Crippen molar-refractivity contribution in [1.29, 1.82) is 0 Å². The standard InChI is InChI=1S/C56H51N/c1-37-29-45(41-13-6-4-7-14-41)33-49(44-15-8-5-9-16-44)54(37)57(52-20-12-19-51-53(52)48-17-10-11-18-50(48)55(51,2)3)47-27-23-43(24-28-47)42-21-25-46(26-22-42)56-34-38-30-39(35-56)32-40(31-38)36-56/h4-29,33,38-40H,30-32,34-36H2,1-3H3. The van der Waals surface area contributed by atoms with E-state index in [-0.39, 0.29) is 5.41 Å². The Morgan fingerprint density at radius 1 is 0.474 bits per heavy atom. The van der Waals surface area contributed by atoms with Crippen molar-refractivity contribution in [2.24, 2.45) is 17.8 Å². The zero-order valence-corrected chi connectivity index (χ0v) is 33.5. The molecule has 1 heteroatoms. The van der Waals surface area contributed by atoms with E-state index in [1.165, 1.54) is 111 Å². The minimum absolute atomic E-state index is 0.103. The summed E-state index contributed by atoms with van der Waals surface area (Å²) in [7, 11) is 0. The molecule has 0 amide bonds. The van der Waals surface area contributed by atoms with Crippen molar-refractivity contribution in [2.45, 2.75) is 70.1 Å². The summed E-state index contributed by atoms with van der Waals surface area (Å²) >= 11 is 0. The van der Waals surface area contributed by atoms with E-state index in [1.54, 1.807) is 5.56 Å². The van der Waals surface area contributed by atoms with E-state index in [4.69, 9.17) is 0 Å². The molecule has 280 valence electrons. The largest absolute Gasteiger partial charge is 0.309 e. The predicted molar refractivity (Wildman–Crippen MR) is 240 cm³/mol. The summed E-state index contributed by atoms with van der Waals surface area (Å²) in [6.45, 7) is 7.05. The first-order valence-electron chi connectivity index (χ1n) is 21.3. The highest BCUT2D eigenvalue weighted by Gasteiger charge is 2.51. The Morgan fingerprint density at radius 3 is 1.67 bits per heavy atom. The van der Waals surface area contributed by atoms with Gasteiger partial charge in [0.1, 0.15) is 0 Å². The number of hydrogen-bond acceptors (Lipinski definition) is 1. The third-order valence-corrected chi connectivity index (χ3v) is 14.5. The quantitative estimate of drug-likeness (QED) is 0.157. The van der Waals surface area contributed by atoms with Crippen LogP contribution in [0.2, 0.25) is 0 Å². The highest BCUT2D eigenvalue weighted by Crippen LogP contribution is 2.61. The zero-order chi connectivity index (χ0) is 38.3. The molecule has 0 unspecified atom stereocenters. The molecule has 5 aliphatic rings. The van der Waals surface area contributed by atoms with Gasteiger partial charge < -0.3 is 4.90 Å². The molecule has 4 fully saturated rings. The van der Waals surface area contributed by atoms with Crippen LogP contribution < -0.4 is 4.90 Å². The van der Waals surface area contributed by atoms with Gasteiger partial charge >= 0.3 is 0 Å². The number of aryl methyl sites for hydroxylation is 1. The fourth-order valence-corrected chi connectivity index (χ4v) is 12.3. The number of hydrogen-bond donors (Lipinski definition) is 0. The molecular formula is C56H51N. The lowest BCUT2D eigenvalue weighted by molar-refractivity contribution is -0.00518. The summed E-state index contributed by atoms with van der Waals surface area (Å²) in [5, 5.41) is 0. The molecule has 0 radical (unpaired) electrons. The summed E-state index contributed by atoms with van der Waals surface area (Å²) < 4.78 is 0. The van der Waals surface area contributed by atoms with E-state index in [0.717, 1.165) is 23.4 Å². The SMILES string of the molecule is Cc1cc(-c2ccccc2)cc(-c2ccccc2)c1N(c1ccc(-c2ccc(C34CC5CC(CC(C5)C3)C4)cc2)cc1)c1cccc2c1-c1ccccc1C2(C)C. The van der Waals surface area contributed by atoms with Crippen LogP contribution in [-0.4, -0.2) is 0 Å². The van der Waals surface area contributed by atoms with Crippen LogP contribution in [0.5, 0.6) is 0 Å². The summed E-state index contributed by atoms with van der Waals surface area (Å²) in [5.41, 5.74) is 19.6. The first kappa shape index (κ1) is 34.6. The molecule has 12 rings (SSSR count). The van der Waals surface area contributed by atoms with Gasteiger partial charge in [0.2, 0.25) is 0 Å². The van der Waals surface area contributed by atoms with E-state index in [9.17, 15) is 0 Å². The number of fused-ring (bicyclic) bond motifs is 3. The third kappa shape index (κ3) is 5.65. The number of rotatable bonds is 7. The van der Waals surface area contributed by atoms with Gasteiger partial charge in [-0.2, -0.15) is 0 Å². The second-order valence-electron chi connectivity index (χ2n) is 18.4. The molecule has 7 aromatic rings.